The van der Waals surface area contributed by atoms with Crippen LogP contribution in [0.1, 0.15) is 11.1 Å². The number of nitrogens with zero attached hydrogens (tertiary/aromatic N) is 7. The summed E-state index contributed by atoms with van der Waals surface area (Å²) in [7, 11) is 2.11. The Kier molecular flexibility index (Phi) is 5.82. The van der Waals surface area contributed by atoms with Crippen LogP contribution in [0.4, 0.5) is 11.6 Å². The molecule has 0 amide bonds. The minimum atomic E-state index is -0.328. The highest BCUT2D eigenvalue weighted by molar-refractivity contribution is 5.77. The normalized spacial score (nSPS) is 13.3. The molecule has 0 aliphatic carbocycles. The van der Waals surface area contributed by atoms with Crippen molar-refractivity contribution in [2.24, 2.45) is 0 Å². The Labute approximate surface area is 217 Å². The van der Waals surface area contributed by atoms with E-state index in [2.05, 4.69) is 50.3 Å². The number of hydrogen-bond donors (Lipinski definition) is 1. The molecule has 0 bridgehead atoms. The van der Waals surface area contributed by atoms with Gasteiger partial charge in [0.05, 0.1) is 0 Å². The zero-order valence-corrected chi connectivity index (χ0v) is 20.7. The van der Waals surface area contributed by atoms with Crippen LogP contribution in [0, 0.1) is 12.3 Å². The van der Waals surface area contributed by atoms with Gasteiger partial charge in [0.2, 0.25) is 5.95 Å². The van der Waals surface area contributed by atoms with Crippen LogP contribution in [-0.4, -0.2) is 47.4 Å². The number of nitrogens with one attached hydrogen (secondary N) is 1. The van der Waals surface area contributed by atoms with E-state index in [1.807, 2.05) is 6.07 Å². The molecule has 5 aromatic rings. The van der Waals surface area contributed by atoms with E-state index in [4.69, 9.17) is 6.42 Å². The Balaban J connectivity index is 1.46. The van der Waals surface area contributed by atoms with E-state index < -0.39 is 0 Å². The summed E-state index contributed by atoms with van der Waals surface area (Å²) in [6, 6.07) is 16.3. The molecule has 0 spiro atoms. The van der Waals surface area contributed by atoms with Crippen molar-refractivity contribution in [2.75, 3.05) is 18.9 Å². The minimum absolute atomic E-state index is 0.00743. The second-order valence-corrected chi connectivity index (χ2v) is 9.17. The van der Waals surface area contributed by atoms with Crippen LogP contribution < -0.4 is 16.4 Å². The van der Waals surface area contributed by atoms with Crippen molar-refractivity contribution in [3.05, 3.63) is 98.8 Å². The second kappa shape index (κ2) is 9.46. The first-order valence-electron chi connectivity index (χ1n) is 12.2. The maximum absolute atomic E-state index is 13.2. The van der Waals surface area contributed by atoms with Crippen LogP contribution in [0.3, 0.4) is 0 Å². The van der Waals surface area contributed by atoms with Crippen molar-refractivity contribution >= 4 is 22.7 Å². The van der Waals surface area contributed by atoms with Crippen molar-refractivity contribution in [1.29, 1.82) is 0 Å². The zero-order valence-electron chi connectivity index (χ0n) is 20.7. The molecule has 5 heterocycles. The van der Waals surface area contributed by atoms with E-state index in [0.717, 1.165) is 25.2 Å². The van der Waals surface area contributed by atoms with Gasteiger partial charge in [0.25, 0.3) is 11.1 Å². The molecule has 1 N–H and O–H groups in total. The number of anilines is 2. The molecule has 0 saturated heterocycles. The van der Waals surface area contributed by atoms with E-state index in [-0.39, 0.29) is 17.7 Å². The third kappa shape index (κ3) is 4.15. The first-order chi connectivity index (χ1) is 18.5. The summed E-state index contributed by atoms with van der Waals surface area (Å²) in [5, 5.41) is 3.58. The summed E-state index contributed by atoms with van der Waals surface area (Å²) in [6.45, 7) is 1.93. The molecule has 1 aliphatic rings. The predicted octanol–water partition coefficient (Wildman–Crippen LogP) is 2.49. The SMILES string of the molecule is C#CCn1c(=O)c2cnc(Nc3ccc4c(c3)CN(C)CC4)nc2n1-c1cccc(-n2ccccc2=O)n1. The van der Waals surface area contributed by atoms with Gasteiger partial charge in [-0.15, -0.1) is 6.42 Å². The number of pyridine rings is 2. The van der Waals surface area contributed by atoms with Crippen LogP contribution in [0.15, 0.2) is 76.6 Å². The Bertz CT molecular complexity index is 1840. The fourth-order valence-corrected chi connectivity index (χ4v) is 4.74. The fourth-order valence-electron chi connectivity index (χ4n) is 4.74. The van der Waals surface area contributed by atoms with Crippen molar-refractivity contribution in [3.8, 4) is 24.0 Å². The number of hydrogen-bond acceptors (Lipinski definition) is 7. The standard InChI is InChI=1S/C28H24N8O2/c1-3-13-35-27(38)22-17-29-28(30-21-11-10-19-12-15-33(2)18-20(19)16-21)32-26(22)36(35)24-8-6-7-23(31-24)34-14-5-4-9-25(34)37/h1,4-11,14,16-17H,12-13,15,18H2,2H3,(H,29,30,32). The van der Waals surface area contributed by atoms with Gasteiger partial charge in [-0.3, -0.25) is 14.2 Å². The lowest BCUT2D eigenvalue weighted by atomic mass is 9.99. The molecule has 0 fully saturated rings. The third-order valence-electron chi connectivity index (χ3n) is 6.59. The van der Waals surface area contributed by atoms with Gasteiger partial charge in [0.15, 0.2) is 11.5 Å². The number of aromatic nitrogens is 6. The number of fused-ring (bicyclic) bond motifs is 2. The van der Waals surface area contributed by atoms with Gasteiger partial charge in [-0.25, -0.2) is 19.3 Å². The highest BCUT2D eigenvalue weighted by Crippen LogP contribution is 2.24. The number of rotatable bonds is 5. The molecule has 0 unspecified atom stereocenters. The molecule has 0 radical (unpaired) electrons. The van der Waals surface area contributed by atoms with Crippen LogP contribution in [0.5, 0.6) is 0 Å². The van der Waals surface area contributed by atoms with Gasteiger partial charge in [-0.1, -0.05) is 24.1 Å². The summed E-state index contributed by atoms with van der Waals surface area (Å²) in [4.78, 5) is 41.7. The first-order valence-corrected chi connectivity index (χ1v) is 12.2. The van der Waals surface area contributed by atoms with E-state index in [1.165, 1.54) is 32.6 Å². The number of likely N-dealkylation sites (N-methyl/N-ethyl adjacent to an activating group) is 1. The monoisotopic (exact) mass is 504 g/mol. The smallest absolute Gasteiger partial charge is 0.279 e. The maximum atomic E-state index is 13.2. The minimum Gasteiger partial charge on any atom is -0.324 e. The molecule has 10 nitrogen and oxygen atoms in total. The predicted molar refractivity (Wildman–Crippen MR) is 145 cm³/mol. The summed E-state index contributed by atoms with van der Waals surface area (Å²) >= 11 is 0. The van der Waals surface area contributed by atoms with E-state index >= 15 is 0 Å². The zero-order chi connectivity index (χ0) is 26.2. The quantitative estimate of drug-likeness (QED) is 0.367. The largest absolute Gasteiger partial charge is 0.324 e. The molecule has 1 aliphatic heterocycles. The molecule has 188 valence electrons. The third-order valence-corrected chi connectivity index (χ3v) is 6.59. The molecule has 38 heavy (non-hydrogen) atoms. The molecule has 1 aromatic carbocycles. The average Bonchev–Trinajstić information content (AvgIpc) is 3.19. The van der Waals surface area contributed by atoms with Crippen LogP contribution in [0.2, 0.25) is 0 Å². The second-order valence-electron chi connectivity index (χ2n) is 9.17. The lowest BCUT2D eigenvalue weighted by molar-refractivity contribution is 0.313. The summed E-state index contributed by atoms with van der Waals surface area (Å²) in [5.41, 5.74) is 3.27. The van der Waals surface area contributed by atoms with Gasteiger partial charge in [-0.2, -0.15) is 4.98 Å². The van der Waals surface area contributed by atoms with Crippen molar-refractivity contribution in [1.82, 2.24) is 33.8 Å². The van der Waals surface area contributed by atoms with E-state index in [0.29, 0.717) is 28.6 Å². The summed E-state index contributed by atoms with van der Waals surface area (Å²) in [6.07, 6.45) is 9.74. The Morgan fingerprint density at radius 3 is 2.74 bits per heavy atom. The van der Waals surface area contributed by atoms with Gasteiger partial charge in [0.1, 0.15) is 17.7 Å². The molecule has 10 heteroatoms. The molecule has 6 rings (SSSR count). The van der Waals surface area contributed by atoms with Crippen LogP contribution in [-0.2, 0) is 19.5 Å². The first kappa shape index (κ1) is 23.4. The number of terminal acetylenes is 1. The lowest BCUT2D eigenvalue weighted by Crippen LogP contribution is -2.26. The van der Waals surface area contributed by atoms with E-state index in [9.17, 15) is 9.59 Å². The number of benzene rings is 1. The van der Waals surface area contributed by atoms with Crippen molar-refractivity contribution in [2.45, 2.75) is 19.5 Å². The summed E-state index contributed by atoms with van der Waals surface area (Å²) < 4.78 is 4.38. The topological polar surface area (TPSA) is 103 Å². The molecule has 0 saturated carbocycles. The van der Waals surface area contributed by atoms with Crippen LogP contribution >= 0.6 is 0 Å². The van der Waals surface area contributed by atoms with Crippen LogP contribution in [0.25, 0.3) is 22.7 Å². The fraction of sp³-hybridized carbons (Fsp3) is 0.179. The molecular weight excluding hydrogens is 480 g/mol. The summed E-state index contributed by atoms with van der Waals surface area (Å²) in [5.74, 6) is 3.66. The Morgan fingerprint density at radius 2 is 1.89 bits per heavy atom. The lowest BCUT2D eigenvalue weighted by Gasteiger charge is -2.25. The molecule has 4 aromatic heterocycles. The van der Waals surface area contributed by atoms with E-state index in [1.54, 1.807) is 41.2 Å². The van der Waals surface area contributed by atoms with Gasteiger partial charge < -0.3 is 10.2 Å². The highest BCUT2D eigenvalue weighted by Gasteiger charge is 2.19. The van der Waals surface area contributed by atoms with Gasteiger partial charge in [0, 0.05) is 37.2 Å². The Morgan fingerprint density at radius 1 is 1.03 bits per heavy atom. The highest BCUT2D eigenvalue weighted by atomic mass is 16.1. The maximum Gasteiger partial charge on any atom is 0.279 e. The molecule has 0 atom stereocenters. The average molecular weight is 505 g/mol. The van der Waals surface area contributed by atoms with Crippen molar-refractivity contribution in [3.63, 3.8) is 0 Å². The van der Waals surface area contributed by atoms with Crippen molar-refractivity contribution < 1.29 is 0 Å². The molecular formula is C28H24N8O2. The van der Waals surface area contributed by atoms with Gasteiger partial charge in [-0.05, 0) is 54.9 Å². The Hall–Kier alpha value is -5.01. The van der Waals surface area contributed by atoms with Gasteiger partial charge >= 0.3 is 0 Å².